The van der Waals surface area contributed by atoms with E-state index >= 15 is 0 Å². The van der Waals surface area contributed by atoms with Crippen LogP contribution in [0.15, 0.2) is 30.3 Å². The molecule has 0 unspecified atom stereocenters. The van der Waals surface area contributed by atoms with Gasteiger partial charge in [0.25, 0.3) is 0 Å². The van der Waals surface area contributed by atoms with Gasteiger partial charge in [-0.05, 0) is 38.1 Å². The maximum Gasteiger partial charge on any atom is 0.216 e. The Morgan fingerprint density at radius 1 is 1.33 bits per heavy atom. The molecule has 2 aromatic rings. The maximum atomic E-state index is 10.7. The first-order valence-corrected chi connectivity index (χ1v) is 6.93. The summed E-state index contributed by atoms with van der Waals surface area (Å²) in [5, 5.41) is 7.20. The van der Waals surface area contributed by atoms with Gasteiger partial charge in [0.2, 0.25) is 5.91 Å². The Morgan fingerprint density at radius 2 is 2.14 bits per heavy atom. The zero-order chi connectivity index (χ0) is 15.2. The number of hydrogen-bond acceptors (Lipinski definition) is 2. The lowest BCUT2D eigenvalue weighted by Crippen LogP contribution is -2.20. The molecule has 4 nitrogen and oxygen atoms in total. The zero-order valence-electron chi connectivity index (χ0n) is 12.6. The number of amides is 1. The van der Waals surface area contributed by atoms with Gasteiger partial charge in [-0.1, -0.05) is 17.9 Å². The molecule has 1 heterocycles. The molecular formula is C17H19N3O. The summed E-state index contributed by atoms with van der Waals surface area (Å²) >= 11 is 0. The molecule has 0 radical (unpaired) electrons. The molecule has 0 bridgehead atoms. The highest BCUT2D eigenvalue weighted by molar-refractivity contribution is 5.72. The van der Waals surface area contributed by atoms with Crippen molar-refractivity contribution in [3.05, 3.63) is 47.3 Å². The number of benzene rings is 1. The minimum absolute atomic E-state index is 0.0247. The van der Waals surface area contributed by atoms with Gasteiger partial charge in [-0.2, -0.15) is 5.10 Å². The lowest BCUT2D eigenvalue weighted by molar-refractivity contribution is -0.118. The topological polar surface area (TPSA) is 46.9 Å². The smallest absolute Gasteiger partial charge is 0.216 e. The van der Waals surface area contributed by atoms with Crippen LogP contribution in [0, 0.1) is 25.7 Å². The van der Waals surface area contributed by atoms with Gasteiger partial charge in [0.15, 0.2) is 0 Å². The average molecular weight is 281 g/mol. The van der Waals surface area contributed by atoms with E-state index in [1.54, 1.807) is 0 Å². The molecule has 0 saturated carbocycles. The molecule has 108 valence electrons. The maximum absolute atomic E-state index is 10.7. The second kappa shape index (κ2) is 6.76. The van der Waals surface area contributed by atoms with E-state index in [0.717, 1.165) is 22.6 Å². The Hall–Kier alpha value is -2.54. The van der Waals surface area contributed by atoms with Crippen molar-refractivity contribution >= 4 is 5.91 Å². The molecule has 0 fully saturated rings. The van der Waals surface area contributed by atoms with E-state index in [1.165, 1.54) is 6.92 Å². The Bertz CT molecular complexity index is 704. The second-order valence-corrected chi connectivity index (χ2v) is 4.92. The van der Waals surface area contributed by atoms with Crippen LogP contribution >= 0.6 is 0 Å². The summed E-state index contributed by atoms with van der Waals surface area (Å²) in [6, 6.07) is 10.0. The lowest BCUT2D eigenvalue weighted by Gasteiger charge is -2.04. The van der Waals surface area contributed by atoms with Crippen LogP contribution in [0.4, 0.5) is 0 Å². The number of aromatic nitrogens is 2. The van der Waals surface area contributed by atoms with Crippen molar-refractivity contribution in [2.24, 2.45) is 0 Å². The van der Waals surface area contributed by atoms with Crippen molar-refractivity contribution in [2.75, 3.05) is 6.54 Å². The normalized spacial score (nSPS) is 9.86. The molecule has 1 amide bonds. The molecule has 0 aliphatic rings. The number of nitrogens with one attached hydrogen (secondary N) is 1. The number of hydrogen-bond donors (Lipinski definition) is 1. The number of carbonyl (C=O) groups excluding carboxylic acids is 1. The average Bonchev–Trinajstić information content (AvgIpc) is 2.77. The third kappa shape index (κ3) is 4.22. The summed E-state index contributed by atoms with van der Waals surface area (Å²) in [6.45, 7) is 6.10. The Morgan fingerprint density at radius 3 is 2.81 bits per heavy atom. The Balaban J connectivity index is 2.10. The predicted molar refractivity (Wildman–Crippen MR) is 83.2 cm³/mol. The summed E-state index contributed by atoms with van der Waals surface area (Å²) in [5.74, 6) is 6.15. The molecule has 0 atom stereocenters. The summed E-state index contributed by atoms with van der Waals surface area (Å²) < 4.78 is 1.91. The van der Waals surface area contributed by atoms with Gasteiger partial charge in [0.05, 0.1) is 11.4 Å². The monoisotopic (exact) mass is 281 g/mol. The summed E-state index contributed by atoms with van der Waals surface area (Å²) in [7, 11) is 0. The fraction of sp³-hybridized carbons (Fsp3) is 0.294. The summed E-state index contributed by atoms with van der Waals surface area (Å²) in [5.41, 5.74) is 4.06. The van der Waals surface area contributed by atoms with E-state index in [4.69, 9.17) is 0 Å². The van der Waals surface area contributed by atoms with E-state index in [2.05, 4.69) is 22.3 Å². The van der Waals surface area contributed by atoms with Crippen molar-refractivity contribution in [3.8, 4) is 17.5 Å². The van der Waals surface area contributed by atoms with Crippen molar-refractivity contribution in [1.82, 2.24) is 15.1 Å². The minimum atomic E-state index is -0.0247. The van der Waals surface area contributed by atoms with Gasteiger partial charge >= 0.3 is 0 Å². The SMILES string of the molecule is CC(=O)NCCC#Cc1cccc(-n2nc(C)cc2C)c1. The fourth-order valence-corrected chi connectivity index (χ4v) is 2.07. The first-order chi connectivity index (χ1) is 10.1. The van der Waals surface area contributed by atoms with E-state index in [1.807, 2.05) is 48.9 Å². The quantitative estimate of drug-likeness (QED) is 0.693. The summed E-state index contributed by atoms with van der Waals surface area (Å²) in [6.07, 6.45) is 0.643. The van der Waals surface area contributed by atoms with Crippen LogP contribution in [0.25, 0.3) is 5.69 Å². The molecule has 0 saturated heterocycles. The third-order valence-electron chi connectivity index (χ3n) is 2.96. The molecule has 4 heteroatoms. The molecule has 2 rings (SSSR count). The molecule has 1 aromatic carbocycles. The second-order valence-electron chi connectivity index (χ2n) is 4.92. The van der Waals surface area contributed by atoms with E-state index in [9.17, 15) is 4.79 Å². The summed E-state index contributed by atoms with van der Waals surface area (Å²) in [4.78, 5) is 10.7. The highest BCUT2D eigenvalue weighted by atomic mass is 16.1. The Kier molecular flexibility index (Phi) is 4.78. The molecular weight excluding hydrogens is 262 g/mol. The van der Waals surface area contributed by atoms with Crippen LogP contribution in [0.5, 0.6) is 0 Å². The van der Waals surface area contributed by atoms with Gasteiger partial charge in [-0.15, -0.1) is 0 Å². The Labute approximate surface area is 125 Å². The lowest BCUT2D eigenvalue weighted by atomic mass is 10.2. The largest absolute Gasteiger partial charge is 0.355 e. The number of carbonyl (C=O) groups is 1. The fourth-order valence-electron chi connectivity index (χ4n) is 2.07. The molecule has 0 aliphatic carbocycles. The predicted octanol–water partition coefficient (Wildman–Crippen LogP) is 2.37. The molecule has 0 aliphatic heterocycles. The van der Waals surface area contributed by atoms with Crippen molar-refractivity contribution in [3.63, 3.8) is 0 Å². The van der Waals surface area contributed by atoms with Gasteiger partial charge in [0.1, 0.15) is 0 Å². The van der Waals surface area contributed by atoms with Crippen LogP contribution in [0.3, 0.4) is 0 Å². The first kappa shape index (κ1) is 14.9. The van der Waals surface area contributed by atoms with Crippen LogP contribution in [0.1, 0.15) is 30.3 Å². The van der Waals surface area contributed by atoms with Gasteiger partial charge in [-0.25, -0.2) is 4.68 Å². The van der Waals surface area contributed by atoms with Gasteiger partial charge in [-0.3, -0.25) is 4.79 Å². The van der Waals surface area contributed by atoms with Crippen LogP contribution in [0.2, 0.25) is 0 Å². The molecule has 1 aromatic heterocycles. The molecule has 21 heavy (non-hydrogen) atoms. The van der Waals surface area contributed by atoms with Gasteiger partial charge < -0.3 is 5.32 Å². The number of rotatable bonds is 3. The highest BCUT2D eigenvalue weighted by Crippen LogP contribution is 2.13. The van der Waals surface area contributed by atoms with Crippen LogP contribution < -0.4 is 5.32 Å². The zero-order valence-corrected chi connectivity index (χ0v) is 12.6. The number of nitrogens with zero attached hydrogens (tertiary/aromatic N) is 2. The third-order valence-corrected chi connectivity index (χ3v) is 2.96. The van der Waals surface area contributed by atoms with Crippen molar-refractivity contribution in [2.45, 2.75) is 27.2 Å². The molecule has 0 spiro atoms. The van der Waals surface area contributed by atoms with Crippen LogP contribution in [-0.2, 0) is 4.79 Å². The van der Waals surface area contributed by atoms with Crippen LogP contribution in [-0.4, -0.2) is 22.2 Å². The van der Waals surface area contributed by atoms with Crippen molar-refractivity contribution < 1.29 is 4.79 Å². The van der Waals surface area contributed by atoms with Crippen molar-refractivity contribution in [1.29, 1.82) is 0 Å². The highest BCUT2D eigenvalue weighted by Gasteiger charge is 2.03. The van der Waals surface area contributed by atoms with Gasteiger partial charge in [0, 0.05) is 31.1 Å². The van der Waals surface area contributed by atoms with E-state index in [0.29, 0.717) is 13.0 Å². The minimum Gasteiger partial charge on any atom is -0.355 e. The number of aryl methyl sites for hydroxylation is 2. The van der Waals surface area contributed by atoms with E-state index in [-0.39, 0.29) is 5.91 Å². The standard InChI is InChI=1S/C17H19N3O/c1-13-11-14(2)20(19-13)17-9-6-8-16(12-17)7-4-5-10-18-15(3)21/h6,8-9,11-12H,5,10H2,1-3H3,(H,18,21). The van der Waals surface area contributed by atoms with E-state index < -0.39 is 0 Å². The molecule has 1 N–H and O–H groups in total. The first-order valence-electron chi connectivity index (χ1n) is 6.93.